The first kappa shape index (κ1) is 15.5. The summed E-state index contributed by atoms with van der Waals surface area (Å²) < 4.78 is 27.4. The highest BCUT2D eigenvalue weighted by Gasteiger charge is 2.41. The maximum atomic E-state index is 12.9. The van der Waals surface area contributed by atoms with E-state index in [1.807, 2.05) is 33.8 Å². The molecule has 1 heterocycles. The summed E-state index contributed by atoms with van der Waals surface area (Å²) in [5.41, 5.74) is 1.99. The molecule has 20 heavy (non-hydrogen) atoms. The number of aliphatic hydroxyl groups is 1. The van der Waals surface area contributed by atoms with E-state index in [1.165, 1.54) is 0 Å². The predicted molar refractivity (Wildman–Crippen MR) is 79.0 cm³/mol. The van der Waals surface area contributed by atoms with Gasteiger partial charge in [0.2, 0.25) is 10.0 Å². The number of benzene rings is 1. The van der Waals surface area contributed by atoms with Crippen molar-refractivity contribution in [2.45, 2.75) is 57.6 Å². The lowest BCUT2D eigenvalue weighted by Gasteiger charge is -2.31. The highest BCUT2D eigenvalue weighted by Crippen LogP contribution is 2.35. The fourth-order valence-corrected chi connectivity index (χ4v) is 5.08. The Bertz CT molecular complexity index is 620. The molecule has 4 nitrogen and oxygen atoms in total. The van der Waals surface area contributed by atoms with Gasteiger partial charge in [0.1, 0.15) is 0 Å². The molecule has 1 fully saturated rings. The van der Waals surface area contributed by atoms with Crippen LogP contribution in [0.1, 0.15) is 43.4 Å². The number of nitrogens with zero attached hydrogens (tertiary/aromatic N) is 1. The van der Waals surface area contributed by atoms with Crippen LogP contribution >= 0.6 is 0 Å². The normalized spacial score (nSPS) is 19.4. The van der Waals surface area contributed by atoms with Gasteiger partial charge in [-0.15, -0.1) is 0 Å². The van der Waals surface area contributed by atoms with Gasteiger partial charge in [-0.3, -0.25) is 0 Å². The van der Waals surface area contributed by atoms with Crippen LogP contribution in [0.3, 0.4) is 0 Å². The van der Waals surface area contributed by atoms with E-state index in [2.05, 4.69) is 0 Å². The third-order valence-electron chi connectivity index (χ3n) is 4.20. The van der Waals surface area contributed by atoms with Gasteiger partial charge in [-0.2, -0.15) is 4.31 Å². The summed E-state index contributed by atoms with van der Waals surface area (Å²) in [6.07, 6.45) is 1.77. The lowest BCUT2D eigenvalue weighted by atomic mass is 10.0. The van der Waals surface area contributed by atoms with Crippen molar-refractivity contribution in [1.82, 2.24) is 4.31 Å². The van der Waals surface area contributed by atoms with Gasteiger partial charge in [0.05, 0.1) is 11.5 Å². The zero-order chi connectivity index (χ0) is 15.1. The minimum absolute atomic E-state index is 0.141. The van der Waals surface area contributed by atoms with Crippen LogP contribution in [0.25, 0.3) is 0 Å². The largest absolute Gasteiger partial charge is 0.392 e. The van der Waals surface area contributed by atoms with Crippen LogP contribution in [-0.4, -0.2) is 29.9 Å². The molecule has 0 aliphatic carbocycles. The standard InChI is InChI=1S/C15H23NO3S/c1-11-8-12(2)14(9-13(11)10-17)20(18,19)16-7-5-6-15(16,3)4/h8-9,17H,5-7,10H2,1-4H3. The smallest absolute Gasteiger partial charge is 0.243 e. The molecule has 0 atom stereocenters. The van der Waals surface area contributed by atoms with Crippen molar-refractivity contribution in [2.75, 3.05) is 6.54 Å². The van der Waals surface area contributed by atoms with Crippen molar-refractivity contribution in [3.63, 3.8) is 0 Å². The topological polar surface area (TPSA) is 57.6 Å². The van der Waals surface area contributed by atoms with Crippen molar-refractivity contribution < 1.29 is 13.5 Å². The van der Waals surface area contributed by atoms with Gasteiger partial charge >= 0.3 is 0 Å². The first-order chi connectivity index (χ1) is 9.20. The molecule has 1 aliphatic heterocycles. The SMILES string of the molecule is Cc1cc(C)c(S(=O)(=O)N2CCCC2(C)C)cc1CO. The van der Waals surface area contributed by atoms with Crippen LogP contribution in [0.4, 0.5) is 0 Å². The van der Waals surface area contributed by atoms with E-state index in [9.17, 15) is 13.5 Å². The van der Waals surface area contributed by atoms with Gasteiger partial charge in [0.25, 0.3) is 0 Å². The molecule has 1 N–H and O–H groups in total. The quantitative estimate of drug-likeness (QED) is 0.932. The van der Waals surface area contributed by atoms with Crippen LogP contribution in [0, 0.1) is 13.8 Å². The van der Waals surface area contributed by atoms with Gasteiger partial charge < -0.3 is 5.11 Å². The second kappa shape index (κ2) is 5.13. The number of hydrogen-bond donors (Lipinski definition) is 1. The monoisotopic (exact) mass is 297 g/mol. The number of aryl methyl sites for hydroxylation is 2. The molecule has 1 aliphatic rings. The molecule has 5 heteroatoms. The Hall–Kier alpha value is -0.910. The summed E-state index contributed by atoms with van der Waals surface area (Å²) in [5.74, 6) is 0. The second-order valence-electron chi connectivity index (χ2n) is 6.20. The third kappa shape index (κ3) is 2.50. The second-order valence-corrected chi connectivity index (χ2v) is 8.03. The number of rotatable bonds is 3. The Morgan fingerprint density at radius 3 is 2.40 bits per heavy atom. The van der Waals surface area contributed by atoms with Gasteiger partial charge in [-0.1, -0.05) is 6.07 Å². The summed E-state index contributed by atoms with van der Waals surface area (Å²) in [6, 6.07) is 3.45. The fourth-order valence-electron chi connectivity index (χ4n) is 2.97. The zero-order valence-corrected chi connectivity index (χ0v) is 13.4. The lowest BCUT2D eigenvalue weighted by Crippen LogP contribution is -2.42. The van der Waals surface area contributed by atoms with Gasteiger partial charge in [0, 0.05) is 12.1 Å². The maximum absolute atomic E-state index is 12.9. The Labute approximate surface area is 121 Å². The van der Waals surface area contributed by atoms with Crippen molar-refractivity contribution in [3.05, 3.63) is 28.8 Å². The molecule has 0 amide bonds. The molecule has 0 radical (unpaired) electrons. The van der Waals surface area contributed by atoms with Crippen LogP contribution in [0.2, 0.25) is 0 Å². The summed E-state index contributed by atoms with van der Waals surface area (Å²) in [4.78, 5) is 0.321. The molecular formula is C15H23NO3S. The summed E-state index contributed by atoms with van der Waals surface area (Å²) >= 11 is 0. The van der Waals surface area contributed by atoms with Crippen LogP contribution in [0.5, 0.6) is 0 Å². The number of sulfonamides is 1. The third-order valence-corrected chi connectivity index (χ3v) is 6.45. The van der Waals surface area contributed by atoms with Crippen LogP contribution in [-0.2, 0) is 16.6 Å². The van der Waals surface area contributed by atoms with Crippen molar-refractivity contribution in [1.29, 1.82) is 0 Å². The summed E-state index contributed by atoms with van der Waals surface area (Å²) in [6.45, 7) is 8.05. The van der Waals surface area contributed by atoms with Crippen molar-refractivity contribution in [2.24, 2.45) is 0 Å². The molecule has 112 valence electrons. The van der Waals surface area contributed by atoms with E-state index in [0.29, 0.717) is 17.0 Å². The van der Waals surface area contributed by atoms with Crippen molar-refractivity contribution >= 4 is 10.0 Å². The van der Waals surface area contributed by atoms with E-state index in [0.717, 1.165) is 24.0 Å². The minimum Gasteiger partial charge on any atom is -0.392 e. The van der Waals surface area contributed by atoms with E-state index < -0.39 is 10.0 Å². The van der Waals surface area contributed by atoms with E-state index >= 15 is 0 Å². The van der Waals surface area contributed by atoms with Crippen LogP contribution < -0.4 is 0 Å². The van der Waals surface area contributed by atoms with E-state index in [1.54, 1.807) is 10.4 Å². The maximum Gasteiger partial charge on any atom is 0.243 e. The fraction of sp³-hybridized carbons (Fsp3) is 0.600. The van der Waals surface area contributed by atoms with Crippen molar-refractivity contribution in [3.8, 4) is 0 Å². The van der Waals surface area contributed by atoms with E-state index in [4.69, 9.17) is 0 Å². The molecule has 1 saturated heterocycles. The molecule has 1 aromatic rings. The lowest BCUT2D eigenvalue weighted by molar-refractivity contribution is 0.280. The van der Waals surface area contributed by atoms with Crippen LogP contribution in [0.15, 0.2) is 17.0 Å². The Morgan fingerprint density at radius 1 is 1.25 bits per heavy atom. The average molecular weight is 297 g/mol. The molecule has 0 unspecified atom stereocenters. The Morgan fingerprint density at radius 2 is 1.90 bits per heavy atom. The molecule has 2 rings (SSSR count). The minimum atomic E-state index is -3.50. The predicted octanol–water partition coefficient (Wildman–Crippen LogP) is 2.36. The first-order valence-electron chi connectivity index (χ1n) is 6.94. The molecule has 0 saturated carbocycles. The molecular weight excluding hydrogens is 274 g/mol. The average Bonchev–Trinajstić information content (AvgIpc) is 2.69. The Balaban J connectivity index is 2.55. The molecule has 0 spiro atoms. The van der Waals surface area contributed by atoms with E-state index in [-0.39, 0.29) is 12.1 Å². The highest BCUT2D eigenvalue weighted by atomic mass is 32.2. The van der Waals surface area contributed by atoms with Gasteiger partial charge in [-0.25, -0.2) is 8.42 Å². The summed E-state index contributed by atoms with van der Waals surface area (Å²) in [7, 11) is -3.50. The first-order valence-corrected chi connectivity index (χ1v) is 8.38. The zero-order valence-electron chi connectivity index (χ0n) is 12.6. The molecule has 0 aromatic heterocycles. The number of hydrogen-bond acceptors (Lipinski definition) is 3. The Kier molecular flexibility index (Phi) is 3.97. The summed E-state index contributed by atoms with van der Waals surface area (Å²) in [5, 5.41) is 9.36. The van der Waals surface area contributed by atoms with Gasteiger partial charge in [-0.05, 0) is 63.3 Å². The molecule has 1 aromatic carbocycles. The molecule has 0 bridgehead atoms. The highest BCUT2D eigenvalue weighted by molar-refractivity contribution is 7.89. The number of aliphatic hydroxyl groups excluding tert-OH is 1. The van der Waals surface area contributed by atoms with Gasteiger partial charge in [0.15, 0.2) is 0 Å².